The van der Waals surface area contributed by atoms with Crippen LogP contribution in [0.3, 0.4) is 0 Å². The fourth-order valence-corrected chi connectivity index (χ4v) is 5.89. The van der Waals surface area contributed by atoms with Gasteiger partial charge in [-0.1, -0.05) is 13.0 Å². The van der Waals surface area contributed by atoms with E-state index in [1.807, 2.05) is 14.1 Å². The third-order valence-electron chi connectivity index (χ3n) is 7.82. The molecule has 0 saturated heterocycles. The van der Waals surface area contributed by atoms with E-state index in [0.29, 0.717) is 11.8 Å². The Hall–Kier alpha value is -2.30. The van der Waals surface area contributed by atoms with Gasteiger partial charge < -0.3 is 4.57 Å². The number of nitrogens with zero attached hydrogens (tertiary/aromatic N) is 4. The number of hydrogen-bond donors (Lipinski definition) is 0. The largest absolute Gasteiger partial charge is 0.330 e. The van der Waals surface area contributed by atoms with Gasteiger partial charge in [-0.3, -0.25) is 9.13 Å². The minimum absolute atomic E-state index is 0.0322. The molecule has 146 valence electrons. The second-order valence-corrected chi connectivity index (χ2v) is 9.50. The third kappa shape index (κ3) is 2.31. The molecule has 5 heteroatoms. The van der Waals surface area contributed by atoms with Crippen molar-refractivity contribution < 1.29 is 0 Å². The van der Waals surface area contributed by atoms with Gasteiger partial charge in [-0.2, -0.15) is 0 Å². The molecule has 2 heterocycles. The van der Waals surface area contributed by atoms with Crippen molar-refractivity contribution in [2.24, 2.45) is 31.8 Å². The van der Waals surface area contributed by atoms with Crippen LogP contribution in [-0.2, 0) is 20.6 Å². The molecule has 0 amide bonds. The lowest BCUT2D eigenvalue weighted by Crippen LogP contribution is -2.19. The molecule has 6 rings (SSSR count). The predicted octanol–water partition coefficient (Wildman–Crippen LogP) is 3.76. The molecule has 0 aliphatic heterocycles. The van der Waals surface area contributed by atoms with Gasteiger partial charge in [-0.15, -0.1) is 0 Å². The SMILES string of the molecule is C[C@H]1[C@H]2C[C@H](c3ncn(Cc4ccc5c(c4)n(C)c(=O)n5C)c3C3CC3)C[C@@H]12. The number of fused-ring (bicyclic) bond motifs is 2. The number of hydrogen-bond acceptors (Lipinski definition) is 2. The van der Waals surface area contributed by atoms with Gasteiger partial charge in [0.25, 0.3) is 0 Å². The van der Waals surface area contributed by atoms with Crippen molar-refractivity contribution in [2.75, 3.05) is 0 Å². The van der Waals surface area contributed by atoms with E-state index >= 15 is 0 Å². The monoisotopic (exact) mass is 376 g/mol. The quantitative estimate of drug-likeness (QED) is 0.696. The van der Waals surface area contributed by atoms with E-state index in [1.54, 1.807) is 9.13 Å². The molecule has 2 aromatic heterocycles. The van der Waals surface area contributed by atoms with E-state index in [4.69, 9.17) is 4.98 Å². The molecule has 0 N–H and O–H groups in total. The maximum Gasteiger partial charge on any atom is 0.328 e. The zero-order chi connectivity index (χ0) is 19.2. The summed E-state index contributed by atoms with van der Waals surface area (Å²) in [5.74, 6) is 4.26. The lowest BCUT2D eigenvalue weighted by Gasteiger charge is -2.15. The molecule has 3 saturated carbocycles. The molecule has 28 heavy (non-hydrogen) atoms. The molecule has 1 aromatic carbocycles. The van der Waals surface area contributed by atoms with Crippen molar-refractivity contribution in [1.82, 2.24) is 18.7 Å². The van der Waals surface area contributed by atoms with Gasteiger partial charge in [0.1, 0.15) is 0 Å². The minimum Gasteiger partial charge on any atom is -0.330 e. The highest BCUT2D eigenvalue weighted by Crippen LogP contribution is 2.62. The van der Waals surface area contributed by atoms with Crippen LogP contribution in [0.2, 0.25) is 0 Å². The number of imidazole rings is 2. The molecular weight excluding hydrogens is 348 g/mol. The van der Waals surface area contributed by atoms with Gasteiger partial charge in [0, 0.05) is 38.2 Å². The fourth-order valence-electron chi connectivity index (χ4n) is 5.89. The zero-order valence-corrected chi connectivity index (χ0v) is 16.9. The Morgan fingerprint density at radius 2 is 1.75 bits per heavy atom. The predicted molar refractivity (Wildman–Crippen MR) is 110 cm³/mol. The summed E-state index contributed by atoms with van der Waals surface area (Å²) < 4.78 is 5.85. The van der Waals surface area contributed by atoms with Crippen LogP contribution in [0.1, 0.15) is 61.4 Å². The average molecular weight is 377 g/mol. The van der Waals surface area contributed by atoms with E-state index < -0.39 is 0 Å². The molecule has 0 spiro atoms. The Morgan fingerprint density at radius 3 is 2.46 bits per heavy atom. The van der Waals surface area contributed by atoms with Crippen molar-refractivity contribution >= 4 is 11.0 Å². The summed E-state index contributed by atoms with van der Waals surface area (Å²) in [5.41, 5.74) is 6.16. The standard InChI is InChI=1S/C23H28N4O/c1-13-17-9-16(10-18(13)17)21-22(15-5-6-15)27(12-24-21)11-14-4-7-19-20(8-14)26(3)23(28)25(19)2/h4,7-8,12-13,15-18H,5-6,9-11H2,1-3H3/t13-,16-,17+,18-. The highest BCUT2D eigenvalue weighted by molar-refractivity contribution is 5.76. The Bertz CT molecular complexity index is 1130. The van der Waals surface area contributed by atoms with E-state index in [0.717, 1.165) is 35.3 Å². The normalized spacial score (nSPS) is 28.8. The second-order valence-electron chi connectivity index (χ2n) is 9.50. The van der Waals surface area contributed by atoms with Gasteiger partial charge in [0.15, 0.2) is 0 Å². The smallest absolute Gasteiger partial charge is 0.328 e. The Kier molecular flexibility index (Phi) is 3.34. The second kappa shape index (κ2) is 5.62. The molecule has 3 fully saturated rings. The van der Waals surface area contributed by atoms with Crippen LogP contribution in [0.4, 0.5) is 0 Å². The minimum atomic E-state index is 0.0322. The summed E-state index contributed by atoms with van der Waals surface area (Å²) in [6.07, 6.45) is 7.38. The maximum absolute atomic E-state index is 12.2. The molecule has 0 unspecified atom stereocenters. The summed E-state index contributed by atoms with van der Waals surface area (Å²) >= 11 is 0. The number of aromatic nitrogens is 4. The van der Waals surface area contributed by atoms with Gasteiger partial charge in [-0.25, -0.2) is 9.78 Å². The van der Waals surface area contributed by atoms with Crippen molar-refractivity contribution in [3.63, 3.8) is 0 Å². The van der Waals surface area contributed by atoms with Crippen LogP contribution < -0.4 is 5.69 Å². The van der Waals surface area contributed by atoms with Crippen LogP contribution >= 0.6 is 0 Å². The van der Waals surface area contributed by atoms with Crippen molar-refractivity contribution in [2.45, 2.75) is 51.0 Å². The first-order valence-electron chi connectivity index (χ1n) is 10.7. The van der Waals surface area contributed by atoms with Gasteiger partial charge in [-0.05, 0) is 61.1 Å². The zero-order valence-electron chi connectivity index (χ0n) is 16.9. The third-order valence-corrected chi connectivity index (χ3v) is 7.82. The molecule has 4 atom stereocenters. The molecule has 0 bridgehead atoms. The van der Waals surface area contributed by atoms with Crippen molar-refractivity contribution in [3.8, 4) is 0 Å². The Labute approximate surface area is 165 Å². The van der Waals surface area contributed by atoms with Crippen molar-refractivity contribution in [1.29, 1.82) is 0 Å². The van der Waals surface area contributed by atoms with Gasteiger partial charge >= 0.3 is 5.69 Å². The number of rotatable bonds is 4. The lowest BCUT2D eigenvalue weighted by atomic mass is 9.94. The maximum atomic E-state index is 12.2. The fraction of sp³-hybridized carbons (Fsp3) is 0.565. The molecule has 3 aromatic rings. The summed E-state index contributed by atoms with van der Waals surface area (Å²) in [6.45, 7) is 3.26. The topological polar surface area (TPSA) is 44.8 Å². The van der Waals surface area contributed by atoms with Crippen molar-refractivity contribution in [3.05, 3.63) is 52.0 Å². The first-order valence-corrected chi connectivity index (χ1v) is 10.7. The van der Waals surface area contributed by atoms with Crippen LogP contribution in [0.15, 0.2) is 29.3 Å². The van der Waals surface area contributed by atoms with E-state index in [2.05, 4.69) is 36.0 Å². The Morgan fingerprint density at radius 1 is 1.04 bits per heavy atom. The van der Waals surface area contributed by atoms with Crippen LogP contribution in [0, 0.1) is 17.8 Å². The first kappa shape index (κ1) is 16.6. The van der Waals surface area contributed by atoms with E-state index in [-0.39, 0.29) is 5.69 Å². The summed E-state index contributed by atoms with van der Waals surface area (Å²) in [7, 11) is 3.69. The van der Waals surface area contributed by atoms with E-state index in [1.165, 1.54) is 42.6 Å². The van der Waals surface area contributed by atoms with Gasteiger partial charge in [0.05, 0.1) is 23.1 Å². The highest BCUT2D eigenvalue weighted by Gasteiger charge is 2.54. The highest BCUT2D eigenvalue weighted by atomic mass is 16.1. The van der Waals surface area contributed by atoms with Crippen LogP contribution in [0.25, 0.3) is 11.0 Å². The lowest BCUT2D eigenvalue weighted by molar-refractivity contribution is 0.542. The molecule has 3 aliphatic rings. The molecular formula is C23H28N4O. The average Bonchev–Trinajstić information content (AvgIpc) is 3.49. The van der Waals surface area contributed by atoms with E-state index in [9.17, 15) is 4.79 Å². The molecule has 3 aliphatic carbocycles. The molecule has 0 radical (unpaired) electrons. The first-order chi connectivity index (χ1) is 13.5. The summed E-state index contributed by atoms with van der Waals surface area (Å²) in [5, 5.41) is 0. The summed E-state index contributed by atoms with van der Waals surface area (Å²) in [4.78, 5) is 17.2. The molecule has 5 nitrogen and oxygen atoms in total. The number of benzene rings is 1. The van der Waals surface area contributed by atoms with Crippen LogP contribution in [-0.4, -0.2) is 18.7 Å². The Balaban J connectivity index is 1.34. The summed E-state index contributed by atoms with van der Waals surface area (Å²) in [6, 6.07) is 6.40. The number of aryl methyl sites for hydroxylation is 2. The van der Waals surface area contributed by atoms with Crippen LogP contribution in [0.5, 0.6) is 0 Å². The van der Waals surface area contributed by atoms with Gasteiger partial charge in [0.2, 0.25) is 0 Å².